The summed E-state index contributed by atoms with van der Waals surface area (Å²) in [5.41, 5.74) is 4.53. The van der Waals surface area contributed by atoms with Gasteiger partial charge >= 0.3 is 0 Å². The number of halogens is 1. The molecule has 2 aliphatic heterocycles. The highest BCUT2D eigenvalue weighted by molar-refractivity contribution is 6.30. The van der Waals surface area contributed by atoms with Crippen LogP contribution in [0.2, 0.25) is 5.02 Å². The van der Waals surface area contributed by atoms with Gasteiger partial charge in [0.05, 0.1) is 12.3 Å². The lowest BCUT2D eigenvalue weighted by Gasteiger charge is -2.37. The molecule has 3 aromatic rings. The van der Waals surface area contributed by atoms with E-state index in [1.165, 1.54) is 12.8 Å². The zero-order chi connectivity index (χ0) is 26.0. The average molecular weight is 530 g/mol. The minimum absolute atomic E-state index is 0.445. The fourth-order valence-electron chi connectivity index (χ4n) is 5.47. The van der Waals surface area contributed by atoms with Gasteiger partial charge < -0.3 is 14.4 Å². The summed E-state index contributed by atoms with van der Waals surface area (Å²) in [7, 11) is 0. The van der Waals surface area contributed by atoms with Crippen molar-refractivity contribution in [1.29, 1.82) is 0 Å². The third-order valence-electron chi connectivity index (χ3n) is 8.00. The van der Waals surface area contributed by atoms with E-state index in [2.05, 4.69) is 33.3 Å². The Bertz CT molecular complexity index is 1330. The number of ether oxygens (including phenoxy) is 2. The van der Waals surface area contributed by atoms with Crippen LogP contribution in [0.15, 0.2) is 72.0 Å². The van der Waals surface area contributed by atoms with Crippen LogP contribution < -0.4 is 9.47 Å². The molecule has 0 spiro atoms. The summed E-state index contributed by atoms with van der Waals surface area (Å²) in [5, 5.41) is 4.27. The van der Waals surface area contributed by atoms with Crippen molar-refractivity contribution in [2.75, 3.05) is 26.2 Å². The Labute approximate surface area is 228 Å². The van der Waals surface area contributed by atoms with E-state index in [1.54, 1.807) is 0 Å². The molecular weight excluding hydrogens is 498 g/mol. The summed E-state index contributed by atoms with van der Waals surface area (Å²) >= 11 is 6.06. The van der Waals surface area contributed by atoms with Crippen molar-refractivity contribution in [3.63, 3.8) is 0 Å². The van der Waals surface area contributed by atoms with E-state index in [9.17, 15) is 4.91 Å². The van der Waals surface area contributed by atoms with Crippen LogP contribution >= 0.6 is 11.6 Å². The van der Waals surface area contributed by atoms with Gasteiger partial charge in [-0.25, -0.2) is 0 Å². The predicted molar refractivity (Wildman–Crippen MR) is 150 cm³/mol. The maximum absolute atomic E-state index is 11.9. The molecule has 3 heterocycles. The second kappa shape index (κ2) is 10.9. The Balaban J connectivity index is 1.18. The Morgan fingerprint density at radius 2 is 1.92 bits per heavy atom. The second-order valence-corrected chi connectivity index (χ2v) is 11.0. The molecule has 0 radical (unpaired) electrons. The number of piperidine rings is 1. The Morgan fingerprint density at radius 3 is 2.68 bits per heavy atom. The van der Waals surface area contributed by atoms with Gasteiger partial charge in [-0.15, -0.1) is 4.91 Å². The van der Waals surface area contributed by atoms with Gasteiger partial charge in [-0.2, -0.15) is 0 Å². The van der Waals surface area contributed by atoms with Crippen molar-refractivity contribution in [3.05, 3.63) is 99.2 Å². The van der Waals surface area contributed by atoms with Gasteiger partial charge in [0.25, 0.3) is 0 Å². The molecule has 0 amide bonds. The molecule has 1 aromatic heterocycles. The Morgan fingerprint density at radius 1 is 1.11 bits per heavy atom. The van der Waals surface area contributed by atoms with Crippen molar-refractivity contribution >= 4 is 17.2 Å². The molecule has 1 saturated carbocycles. The third-order valence-corrected chi connectivity index (χ3v) is 8.25. The standard InChI is InChI=1S/C31H32ClN3O3/c32-24-9-7-23(8-10-24)31(34-36)13-17-35(18-14-31)16-2-4-26-27-3-1-15-33-29(27)21-38-30-12-11-25(19-28(26)30)37-20-22-5-6-22/h1,3-4,7-12,15,19,22H,2,5-6,13-14,16-18,20-21H2. The van der Waals surface area contributed by atoms with E-state index in [0.717, 1.165) is 72.1 Å². The van der Waals surface area contributed by atoms with Gasteiger partial charge in [-0.05, 0) is 85.6 Å². The molecule has 0 atom stereocenters. The average Bonchev–Trinajstić information content (AvgIpc) is 3.80. The maximum atomic E-state index is 11.9. The van der Waals surface area contributed by atoms with Gasteiger partial charge in [0.15, 0.2) is 0 Å². The number of nitrogens with zero attached hydrogens (tertiary/aromatic N) is 3. The van der Waals surface area contributed by atoms with E-state index in [-0.39, 0.29) is 0 Å². The molecular formula is C31H32ClN3O3. The molecule has 38 heavy (non-hydrogen) atoms. The van der Waals surface area contributed by atoms with Crippen molar-refractivity contribution in [3.8, 4) is 11.5 Å². The molecule has 2 aromatic carbocycles. The number of rotatable bonds is 8. The number of likely N-dealkylation sites (tertiary alicyclic amines) is 1. The van der Waals surface area contributed by atoms with Gasteiger partial charge in [0.1, 0.15) is 23.6 Å². The number of hydrogen-bond donors (Lipinski definition) is 0. The summed E-state index contributed by atoms with van der Waals surface area (Å²) in [6.07, 6.45) is 8.94. The quantitative estimate of drug-likeness (QED) is 0.294. The third kappa shape index (κ3) is 5.33. The predicted octanol–water partition coefficient (Wildman–Crippen LogP) is 7.00. The lowest BCUT2D eigenvalue weighted by molar-refractivity contribution is 0.164. The van der Waals surface area contributed by atoms with Crippen LogP contribution in [0.5, 0.6) is 11.5 Å². The molecule has 3 aliphatic rings. The fraction of sp³-hybridized carbons (Fsp3) is 0.387. The molecule has 0 unspecified atom stereocenters. The summed E-state index contributed by atoms with van der Waals surface area (Å²) in [5.74, 6) is 2.44. The molecule has 7 heteroatoms. The molecule has 2 fully saturated rings. The van der Waals surface area contributed by atoms with Crippen LogP contribution in [-0.2, 0) is 12.1 Å². The first-order valence-corrected chi connectivity index (χ1v) is 13.9. The highest BCUT2D eigenvalue weighted by atomic mass is 35.5. The maximum Gasteiger partial charge on any atom is 0.131 e. The van der Waals surface area contributed by atoms with Gasteiger partial charge in [0, 0.05) is 42.0 Å². The van der Waals surface area contributed by atoms with Gasteiger partial charge in [0.2, 0.25) is 0 Å². The van der Waals surface area contributed by atoms with Crippen molar-refractivity contribution in [2.24, 2.45) is 11.1 Å². The number of pyridine rings is 1. The molecule has 0 N–H and O–H groups in total. The topological polar surface area (TPSA) is 64.0 Å². The van der Waals surface area contributed by atoms with Crippen LogP contribution in [0.1, 0.15) is 54.5 Å². The smallest absolute Gasteiger partial charge is 0.131 e. The minimum atomic E-state index is -0.668. The number of aromatic nitrogens is 1. The van der Waals surface area contributed by atoms with Crippen molar-refractivity contribution in [2.45, 2.75) is 44.2 Å². The Kier molecular flexibility index (Phi) is 7.18. The van der Waals surface area contributed by atoms with E-state index in [1.807, 2.05) is 48.7 Å². The minimum Gasteiger partial charge on any atom is -0.493 e. The van der Waals surface area contributed by atoms with Crippen LogP contribution in [0.25, 0.3) is 5.57 Å². The monoisotopic (exact) mass is 529 g/mol. The number of fused-ring (bicyclic) bond motifs is 2. The van der Waals surface area contributed by atoms with E-state index in [0.29, 0.717) is 30.4 Å². The number of nitroso groups, excluding NO2 is 1. The van der Waals surface area contributed by atoms with Gasteiger partial charge in [-0.3, -0.25) is 4.98 Å². The largest absolute Gasteiger partial charge is 0.493 e. The van der Waals surface area contributed by atoms with Crippen LogP contribution in [0.4, 0.5) is 0 Å². The highest BCUT2D eigenvalue weighted by Gasteiger charge is 2.37. The summed E-state index contributed by atoms with van der Waals surface area (Å²) < 4.78 is 12.3. The van der Waals surface area contributed by atoms with Crippen molar-refractivity contribution < 1.29 is 9.47 Å². The first-order chi connectivity index (χ1) is 18.6. The SMILES string of the molecule is O=NC1(c2ccc(Cl)cc2)CCN(CCC=C2c3cc(OCC4CC4)ccc3OCc3ncccc32)CC1. The molecule has 6 nitrogen and oxygen atoms in total. The van der Waals surface area contributed by atoms with Crippen molar-refractivity contribution in [1.82, 2.24) is 9.88 Å². The summed E-state index contributed by atoms with van der Waals surface area (Å²) in [4.78, 5) is 19.0. The lowest BCUT2D eigenvalue weighted by atomic mass is 9.82. The zero-order valence-electron chi connectivity index (χ0n) is 21.4. The summed E-state index contributed by atoms with van der Waals surface area (Å²) in [6.45, 7) is 3.78. The first kappa shape index (κ1) is 25.1. The number of benzene rings is 2. The van der Waals surface area contributed by atoms with E-state index < -0.39 is 5.54 Å². The first-order valence-electron chi connectivity index (χ1n) is 13.5. The van der Waals surface area contributed by atoms with Crippen LogP contribution in [-0.4, -0.2) is 36.1 Å². The Hall–Kier alpha value is -3.22. The second-order valence-electron chi connectivity index (χ2n) is 10.6. The zero-order valence-corrected chi connectivity index (χ0v) is 22.2. The van der Waals surface area contributed by atoms with Gasteiger partial charge in [-0.1, -0.05) is 41.1 Å². The highest BCUT2D eigenvalue weighted by Crippen LogP contribution is 2.40. The van der Waals surface area contributed by atoms with E-state index in [4.69, 9.17) is 21.1 Å². The molecule has 1 aliphatic carbocycles. The van der Waals surface area contributed by atoms with E-state index >= 15 is 0 Å². The molecule has 0 bridgehead atoms. The molecule has 6 rings (SSSR count). The normalized spacial score (nSPS) is 19.7. The fourth-order valence-corrected chi connectivity index (χ4v) is 5.60. The lowest BCUT2D eigenvalue weighted by Crippen LogP contribution is -2.41. The molecule has 196 valence electrons. The molecule has 1 saturated heterocycles. The summed E-state index contributed by atoms with van der Waals surface area (Å²) in [6, 6.07) is 17.8. The number of hydrogen-bond acceptors (Lipinski definition) is 6. The van der Waals surface area contributed by atoms with Crippen LogP contribution in [0, 0.1) is 10.8 Å². The van der Waals surface area contributed by atoms with Crippen LogP contribution in [0.3, 0.4) is 0 Å².